The molecule has 332 valence electrons. The Morgan fingerprint density at radius 1 is 0.892 bits per heavy atom. The van der Waals surface area contributed by atoms with Gasteiger partial charge in [0, 0.05) is 39.8 Å². The van der Waals surface area contributed by atoms with E-state index in [-0.39, 0.29) is 35.5 Å². The third-order valence-electron chi connectivity index (χ3n) is 10.7. The van der Waals surface area contributed by atoms with Gasteiger partial charge in [0.1, 0.15) is 23.7 Å². The van der Waals surface area contributed by atoms with Crippen LogP contribution in [0.4, 0.5) is 27.5 Å². The molecule has 4 heterocycles. The number of carbonyl (C=O) groups excluding carboxylic acids is 3. The molecule has 5 aromatic rings. The molecule has 8 rings (SSSR count). The van der Waals surface area contributed by atoms with Crippen molar-refractivity contribution in [2.75, 3.05) is 0 Å². The van der Waals surface area contributed by atoms with Crippen molar-refractivity contribution in [3.63, 3.8) is 0 Å². The summed E-state index contributed by atoms with van der Waals surface area (Å²) in [6.07, 6.45) is -2.96. The lowest BCUT2D eigenvalue weighted by molar-refractivity contribution is -0.395. The highest BCUT2D eigenvalue weighted by atomic mass is 16.7. The number of cyclic esters (lactones) is 1. The number of aromatic nitrogens is 2. The van der Waals surface area contributed by atoms with Crippen LogP contribution in [0, 0.1) is 40.5 Å². The number of nitrogens with zero attached hydrogens (tertiary/aromatic N) is 7. The smallest absolute Gasteiger partial charge is 0.457 e. The first-order valence-corrected chi connectivity index (χ1v) is 19.3. The number of esters is 2. The van der Waals surface area contributed by atoms with Gasteiger partial charge in [-0.15, -0.1) is 0 Å². The molecule has 0 amide bonds. The molecule has 0 bridgehead atoms. The lowest BCUT2D eigenvalue weighted by Crippen LogP contribution is -2.48. The summed E-state index contributed by atoms with van der Waals surface area (Å²) in [5, 5.41) is 52.5. The van der Waals surface area contributed by atoms with Crippen molar-refractivity contribution in [1.82, 2.24) is 9.55 Å². The van der Waals surface area contributed by atoms with Gasteiger partial charge in [0.2, 0.25) is 11.7 Å². The van der Waals surface area contributed by atoms with Crippen molar-refractivity contribution in [3.8, 4) is 28.3 Å². The number of benzene rings is 3. The van der Waals surface area contributed by atoms with Gasteiger partial charge in [-0.1, -0.05) is 12.1 Å². The maximum absolute atomic E-state index is 14.1. The minimum atomic E-state index is -2.24. The van der Waals surface area contributed by atoms with E-state index < -0.39 is 118 Å². The number of rotatable bonds is 10. The number of hydrogen-bond donors (Lipinski definition) is 0. The highest BCUT2D eigenvalue weighted by molar-refractivity contribution is 6.27. The highest BCUT2D eigenvalue weighted by Gasteiger charge is 2.51. The second kappa shape index (κ2) is 15.3. The van der Waals surface area contributed by atoms with Gasteiger partial charge in [-0.25, -0.2) is 19.4 Å². The maximum Gasteiger partial charge on any atom is 0.514 e. The van der Waals surface area contributed by atoms with Crippen LogP contribution in [0.25, 0.3) is 33.4 Å². The number of fused-ring (bicyclic) bond motifs is 8. The number of carbonyl (C=O) groups is 3. The van der Waals surface area contributed by atoms with Crippen LogP contribution in [-0.4, -0.2) is 64.8 Å². The molecule has 3 aliphatic rings. The Labute approximate surface area is 362 Å². The van der Waals surface area contributed by atoms with E-state index in [0.29, 0.717) is 34.3 Å². The van der Waals surface area contributed by atoms with Gasteiger partial charge in [-0.3, -0.25) is 45.3 Å². The van der Waals surface area contributed by atoms with Crippen LogP contribution in [0.15, 0.2) is 64.5 Å². The van der Waals surface area contributed by atoms with Crippen LogP contribution < -0.4 is 10.3 Å². The molecule has 3 aromatic carbocycles. The predicted octanol–water partition coefficient (Wildman–Crippen LogP) is 6.42. The average Bonchev–Trinajstić information content (AvgIpc) is 3.76. The SMILES string of the molecule is CC[C@@]1(OC(=O)C(C)ON=C2c3cc([N+](=O)[O-])cc([N+](=O)[O-])c3-c3c2cc([N+](=O)[O-])cc3[N+](=O)[O-])C(=O)OCc2c1cc1n(c2=O)Cc2cc3cc(OC(=O)OC(C)(C)C)ccc3nc2-1. The Bertz CT molecular complexity index is 3050. The molecule has 2 aromatic heterocycles. The first-order valence-electron chi connectivity index (χ1n) is 19.3. The molecular weight excluding hydrogens is 862 g/mol. The lowest BCUT2D eigenvalue weighted by Gasteiger charge is -2.36. The Morgan fingerprint density at radius 2 is 1.51 bits per heavy atom. The molecule has 0 saturated carbocycles. The quantitative estimate of drug-likeness (QED) is 0.0470. The minimum Gasteiger partial charge on any atom is -0.457 e. The summed E-state index contributed by atoms with van der Waals surface area (Å²) in [7, 11) is 0. The molecule has 0 spiro atoms. The van der Waals surface area contributed by atoms with Crippen LogP contribution in [0.5, 0.6) is 5.75 Å². The molecule has 1 aliphatic carbocycles. The topological polar surface area (TPSA) is 317 Å². The monoisotopic (exact) mass is 893 g/mol. The standard InChI is InChI=1S/C41H31N7O17/c1-6-41(27-15-31-34-20(16-44(31)36(49)26(27)17-61-38(41)51)9-19-10-23(7-8-28(19)42-34)62-39(52)64-40(3,4)5)63-37(50)18(2)65-43-35-24-11-21(45(53)54)13-29(47(57)58)32(24)33-25(35)12-22(46(55)56)14-30(33)48(59)60/h7-15,18H,6,16-17H2,1-5H3/t18?,41-/m0/s1. The predicted molar refractivity (Wildman–Crippen MR) is 220 cm³/mol. The Kier molecular flexibility index (Phi) is 10.1. The summed E-state index contributed by atoms with van der Waals surface area (Å²) in [6.45, 7) is 7.25. The van der Waals surface area contributed by atoms with E-state index in [4.69, 9.17) is 28.8 Å². The number of nitro groups is 4. The zero-order chi connectivity index (χ0) is 47.0. The summed E-state index contributed by atoms with van der Waals surface area (Å²) >= 11 is 0. The van der Waals surface area contributed by atoms with Gasteiger partial charge in [0.25, 0.3) is 28.3 Å². The Balaban J connectivity index is 1.15. The molecule has 1 unspecified atom stereocenters. The van der Waals surface area contributed by atoms with Gasteiger partial charge in [-0.05, 0) is 64.4 Å². The average molecular weight is 894 g/mol. The van der Waals surface area contributed by atoms with Crippen LogP contribution in [0.2, 0.25) is 0 Å². The van der Waals surface area contributed by atoms with E-state index in [0.717, 1.165) is 19.1 Å². The molecule has 0 fully saturated rings. The second-order valence-corrected chi connectivity index (χ2v) is 15.9. The molecule has 24 nitrogen and oxygen atoms in total. The molecule has 0 N–H and O–H groups in total. The molecule has 2 atom stereocenters. The molecule has 2 aliphatic heterocycles. The van der Waals surface area contributed by atoms with Crippen LogP contribution >= 0.6 is 0 Å². The van der Waals surface area contributed by atoms with Gasteiger partial charge < -0.3 is 28.4 Å². The summed E-state index contributed by atoms with van der Waals surface area (Å²) in [5.74, 6) is -2.13. The summed E-state index contributed by atoms with van der Waals surface area (Å²) in [6, 6.07) is 10.7. The number of hydrogen-bond acceptors (Lipinski definition) is 19. The molecule has 24 heteroatoms. The fourth-order valence-corrected chi connectivity index (χ4v) is 7.85. The fraction of sp³-hybridized carbons (Fsp3) is 0.268. The van der Waals surface area contributed by atoms with Crippen molar-refractivity contribution >= 4 is 57.5 Å². The third-order valence-corrected chi connectivity index (χ3v) is 10.7. The van der Waals surface area contributed by atoms with E-state index in [9.17, 15) is 59.6 Å². The number of oxime groups is 1. The van der Waals surface area contributed by atoms with Crippen molar-refractivity contribution in [2.45, 2.75) is 71.5 Å². The minimum absolute atomic E-state index is 0.00638. The zero-order valence-electron chi connectivity index (χ0n) is 34.5. The van der Waals surface area contributed by atoms with E-state index in [1.807, 2.05) is 0 Å². The number of nitro benzene ring substituents is 4. The van der Waals surface area contributed by atoms with E-state index >= 15 is 0 Å². The van der Waals surface area contributed by atoms with E-state index in [1.165, 1.54) is 23.6 Å². The number of ether oxygens (including phenoxy) is 4. The van der Waals surface area contributed by atoms with Crippen molar-refractivity contribution in [3.05, 3.63) is 133 Å². The Hall–Kier alpha value is -8.70. The first kappa shape index (κ1) is 43.0. The second-order valence-electron chi connectivity index (χ2n) is 15.9. The lowest BCUT2D eigenvalue weighted by atomic mass is 9.85. The largest absolute Gasteiger partial charge is 0.514 e. The summed E-state index contributed by atoms with van der Waals surface area (Å²) < 4.78 is 23.2. The third kappa shape index (κ3) is 7.24. The van der Waals surface area contributed by atoms with Gasteiger partial charge in [-0.2, -0.15) is 0 Å². The van der Waals surface area contributed by atoms with Gasteiger partial charge >= 0.3 is 18.1 Å². The number of non-ortho nitro benzene ring substituents is 2. The molecule has 65 heavy (non-hydrogen) atoms. The molecule has 0 radical (unpaired) electrons. The van der Waals surface area contributed by atoms with E-state index in [2.05, 4.69) is 5.16 Å². The van der Waals surface area contributed by atoms with Crippen molar-refractivity contribution in [1.29, 1.82) is 0 Å². The van der Waals surface area contributed by atoms with Crippen molar-refractivity contribution < 1.29 is 57.9 Å². The first-order chi connectivity index (χ1) is 30.6. The normalized spacial score (nSPS) is 15.9. The Morgan fingerprint density at radius 3 is 2.06 bits per heavy atom. The fourth-order valence-electron chi connectivity index (χ4n) is 7.85. The highest BCUT2D eigenvalue weighted by Crippen LogP contribution is 2.50. The summed E-state index contributed by atoms with van der Waals surface area (Å²) in [5.41, 5.74) is -8.05. The maximum atomic E-state index is 14.1. The van der Waals surface area contributed by atoms with E-state index in [1.54, 1.807) is 39.0 Å². The van der Waals surface area contributed by atoms with Gasteiger partial charge in [0.05, 0.1) is 72.0 Å². The van der Waals surface area contributed by atoms with Crippen molar-refractivity contribution in [2.24, 2.45) is 5.16 Å². The summed E-state index contributed by atoms with van der Waals surface area (Å²) in [4.78, 5) is 108. The number of pyridine rings is 2. The zero-order valence-corrected chi connectivity index (χ0v) is 34.5. The van der Waals surface area contributed by atoms with Crippen LogP contribution in [0.3, 0.4) is 0 Å². The van der Waals surface area contributed by atoms with Gasteiger partial charge in [0.15, 0.2) is 0 Å². The molecular formula is C41H31N7O17. The van der Waals surface area contributed by atoms with Crippen LogP contribution in [-0.2, 0) is 47.4 Å². The molecule has 0 saturated heterocycles. The van der Waals surface area contributed by atoms with Crippen LogP contribution in [0.1, 0.15) is 68.9 Å².